The highest BCUT2D eigenvalue weighted by atomic mass is 19.1. The second-order valence-electron chi connectivity index (χ2n) is 7.52. The number of anilines is 2. The summed E-state index contributed by atoms with van der Waals surface area (Å²) in [6.45, 7) is 1.65. The lowest BCUT2D eigenvalue weighted by atomic mass is 10.1. The normalized spacial score (nSPS) is 19.1. The molecule has 0 saturated carbocycles. The highest BCUT2D eigenvalue weighted by molar-refractivity contribution is 6.09. The quantitative estimate of drug-likeness (QED) is 0.423. The Kier molecular flexibility index (Phi) is 5.53. The standard InChI is InChI=1S/C21H20F2N4O4/c22-14-11-15(23)13-16(12-14)26-6-5-17(21(26)29)20(28)25-9-7-24(8-10-25)18-3-1-2-4-19(18)27(30)31/h1-4,11-13,17H,5-10H2. The third-order valence-corrected chi connectivity index (χ3v) is 5.67. The third-order valence-electron chi connectivity index (χ3n) is 5.67. The van der Waals surface area contributed by atoms with Crippen LogP contribution in [0.4, 0.5) is 25.8 Å². The number of nitrogens with zero attached hydrogens (tertiary/aromatic N) is 4. The fourth-order valence-electron chi connectivity index (χ4n) is 4.13. The molecule has 4 rings (SSSR count). The van der Waals surface area contributed by atoms with E-state index in [1.165, 1.54) is 11.0 Å². The number of halogens is 2. The van der Waals surface area contributed by atoms with Crippen molar-refractivity contribution in [3.05, 3.63) is 64.2 Å². The molecule has 2 fully saturated rings. The van der Waals surface area contributed by atoms with Crippen LogP contribution in [0.15, 0.2) is 42.5 Å². The van der Waals surface area contributed by atoms with E-state index in [-0.39, 0.29) is 30.2 Å². The molecule has 0 radical (unpaired) electrons. The topological polar surface area (TPSA) is 87.0 Å². The van der Waals surface area contributed by atoms with Crippen molar-refractivity contribution in [2.45, 2.75) is 6.42 Å². The van der Waals surface area contributed by atoms with Gasteiger partial charge in [-0.25, -0.2) is 8.78 Å². The van der Waals surface area contributed by atoms with Gasteiger partial charge >= 0.3 is 0 Å². The van der Waals surface area contributed by atoms with Crippen molar-refractivity contribution in [3.63, 3.8) is 0 Å². The molecule has 2 heterocycles. The van der Waals surface area contributed by atoms with Crippen molar-refractivity contribution in [1.82, 2.24) is 4.90 Å². The van der Waals surface area contributed by atoms with E-state index in [9.17, 15) is 28.5 Å². The molecule has 31 heavy (non-hydrogen) atoms. The number of carbonyl (C=O) groups excluding carboxylic acids is 2. The Hall–Kier alpha value is -3.56. The summed E-state index contributed by atoms with van der Waals surface area (Å²) in [5.74, 6) is -3.28. The van der Waals surface area contributed by atoms with Gasteiger partial charge in [-0.2, -0.15) is 0 Å². The molecule has 0 N–H and O–H groups in total. The number of hydrogen-bond acceptors (Lipinski definition) is 5. The van der Waals surface area contributed by atoms with Crippen molar-refractivity contribution < 1.29 is 23.3 Å². The van der Waals surface area contributed by atoms with E-state index < -0.39 is 28.4 Å². The van der Waals surface area contributed by atoms with Crippen LogP contribution in [0.1, 0.15) is 6.42 Å². The first-order valence-corrected chi connectivity index (χ1v) is 9.90. The molecule has 0 spiro atoms. The Labute approximate surface area is 176 Å². The molecule has 2 aliphatic heterocycles. The summed E-state index contributed by atoms with van der Waals surface area (Å²) in [7, 11) is 0. The van der Waals surface area contributed by atoms with Crippen LogP contribution in [0.25, 0.3) is 0 Å². The molecule has 0 aliphatic carbocycles. The fraction of sp³-hybridized carbons (Fsp3) is 0.333. The van der Waals surface area contributed by atoms with Gasteiger partial charge in [-0.15, -0.1) is 0 Å². The van der Waals surface area contributed by atoms with Crippen molar-refractivity contribution >= 4 is 28.9 Å². The van der Waals surface area contributed by atoms with Crippen LogP contribution >= 0.6 is 0 Å². The maximum Gasteiger partial charge on any atom is 0.292 e. The predicted molar refractivity (Wildman–Crippen MR) is 109 cm³/mol. The molecule has 0 aromatic heterocycles. The van der Waals surface area contributed by atoms with E-state index in [4.69, 9.17) is 0 Å². The monoisotopic (exact) mass is 430 g/mol. The first-order chi connectivity index (χ1) is 14.8. The average molecular weight is 430 g/mol. The maximum atomic E-state index is 13.5. The second kappa shape index (κ2) is 8.29. The van der Waals surface area contributed by atoms with Gasteiger partial charge in [0, 0.05) is 50.5 Å². The molecule has 0 bridgehead atoms. The molecular weight excluding hydrogens is 410 g/mol. The van der Waals surface area contributed by atoms with Crippen LogP contribution in [0.5, 0.6) is 0 Å². The van der Waals surface area contributed by atoms with Crippen LogP contribution in [0.2, 0.25) is 0 Å². The van der Waals surface area contributed by atoms with E-state index in [2.05, 4.69) is 0 Å². The van der Waals surface area contributed by atoms with Gasteiger partial charge in [0.05, 0.1) is 4.92 Å². The number of nitro groups is 1. The van der Waals surface area contributed by atoms with E-state index in [0.717, 1.165) is 18.2 Å². The number of nitro benzene ring substituents is 1. The first kappa shape index (κ1) is 20.7. The molecular formula is C21H20F2N4O4. The Morgan fingerprint density at radius 1 is 1.00 bits per heavy atom. The van der Waals surface area contributed by atoms with Gasteiger partial charge in [0.25, 0.3) is 5.69 Å². The molecule has 8 nitrogen and oxygen atoms in total. The van der Waals surface area contributed by atoms with E-state index >= 15 is 0 Å². The van der Waals surface area contributed by atoms with E-state index in [1.54, 1.807) is 23.1 Å². The van der Waals surface area contributed by atoms with Gasteiger partial charge in [0.15, 0.2) is 0 Å². The number of para-hydroxylation sites is 2. The molecule has 1 unspecified atom stereocenters. The molecule has 2 amide bonds. The summed E-state index contributed by atoms with van der Waals surface area (Å²) in [5.41, 5.74) is 0.598. The SMILES string of the molecule is O=C(C1CCN(c2cc(F)cc(F)c2)C1=O)N1CCN(c2ccccc2[N+](=O)[O-])CC1. The Bertz CT molecular complexity index is 1020. The number of rotatable bonds is 4. The molecule has 162 valence electrons. The zero-order valence-electron chi connectivity index (χ0n) is 16.5. The van der Waals surface area contributed by atoms with Gasteiger partial charge in [0.2, 0.25) is 11.8 Å². The van der Waals surface area contributed by atoms with E-state index in [1.807, 2.05) is 4.90 Å². The zero-order chi connectivity index (χ0) is 22.1. The number of amides is 2. The third kappa shape index (κ3) is 4.05. The van der Waals surface area contributed by atoms with Crippen molar-refractivity contribution in [2.24, 2.45) is 5.92 Å². The highest BCUT2D eigenvalue weighted by Gasteiger charge is 2.40. The highest BCUT2D eigenvalue weighted by Crippen LogP contribution is 2.30. The van der Waals surface area contributed by atoms with Crippen LogP contribution < -0.4 is 9.80 Å². The maximum absolute atomic E-state index is 13.5. The molecule has 2 aliphatic rings. The molecule has 2 aromatic rings. The summed E-state index contributed by atoms with van der Waals surface area (Å²) < 4.78 is 27.0. The number of benzene rings is 2. The summed E-state index contributed by atoms with van der Waals surface area (Å²) in [5, 5.41) is 11.3. The Morgan fingerprint density at radius 2 is 1.65 bits per heavy atom. The van der Waals surface area contributed by atoms with Gasteiger partial charge in [-0.1, -0.05) is 12.1 Å². The lowest BCUT2D eigenvalue weighted by Gasteiger charge is -2.36. The molecule has 10 heteroatoms. The molecule has 2 saturated heterocycles. The lowest BCUT2D eigenvalue weighted by Crippen LogP contribution is -2.51. The summed E-state index contributed by atoms with van der Waals surface area (Å²) >= 11 is 0. The van der Waals surface area contributed by atoms with Gasteiger partial charge in [0.1, 0.15) is 23.2 Å². The van der Waals surface area contributed by atoms with Crippen LogP contribution in [-0.4, -0.2) is 54.4 Å². The smallest absolute Gasteiger partial charge is 0.292 e. The zero-order valence-corrected chi connectivity index (χ0v) is 16.5. The van der Waals surface area contributed by atoms with E-state index in [0.29, 0.717) is 31.9 Å². The average Bonchev–Trinajstić information content (AvgIpc) is 3.14. The lowest BCUT2D eigenvalue weighted by molar-refractivity contribution is -0.384. The predicted octanol–water partition coefficient (Wildman–Crippen LogP) is 2.57. The minimum Gasteiger partial charge on any atom is -0.362 e. The minimum atomic E-state index is -0.899. The first-order valence-electron chi connectivity index (χ1n) is 9.90. The largest absolute Gasteiger partial charge is 0.362 e. The number of hydrogen-bond donors (Lipinski definition) is 0. The molecule has 2 aromatic carbocycles. The van der Waals surface area contributed by atoms with Gasteiger partial charge in [-0.05, 0) is 24.6 Å². The van der Waals surface area contributed by atoms with Crippen molar-refractivity contribution in [2.75, 3.05) is 42.5 Å². The summed E-state index contributed by atoms with van der Waals surface area (Å²) in [6.07, 6.45) is 0.264. The number of piperazine rings is 1. The van der Waals surface area contributed by atoms with Crippen molar-refractivity contribution in [3.8, 4) is 0 Å². The van der Waals surface area contributed by atoms with Crippen LogP contribution in [0.3, 0.4) is 0 Å². The summed E-state index contributed by atoms with van der Waals surface area (Å²) in [6, 6.07) is 9.30. The molecule has 1 atom stereocenters. The van der Waals surface area contributed by atoms with Gasteiger partial charge < -0.3 is 14.7 Å². The number of carbonyl (C=O) groups is 2. The second-order valence-corrected chi connectivity index (χ2v) is 7.52. The Morgan fingerprint density at radius 3 is 2.29 bits per heavy atom. The summed E-state index contributed by atoms with van der Waals surface area (Å²) in [4.78, 5) is 41.2. The van der Waals surface area contributed by atoms with Crippen LogP contribution in [0, 0.1) is 27.7 Å². The fourth-order valence-corrected chi connectivity index (χ4v) is 4.13. The minimum absolute atomic E-state index is 0.00575. The Balaban J connectivity index is 1.41. The van der Waals surface area contributed by atoms with Crippen LogP contribution in [-0.2, 0) is 9.59 Å². The van der Waals surface area contributed by atoms with Gasteiger partial charge in [-0.3, -0.25) is 19.7 Å². The van der Waals surface area contributed by atoms with Crippen molar-refractivity contribution in [1.29, 1.82) is 0 Å².